The number of carboxylic acid groups (broad SMARTS) is 1. The molecule has 9 heteroatoms. The van der Waals surface area contributed by atoms with E-state index in [1.54, 1.807) is 20.9 Å². The summed E-state index contributed by atoms with van der Waals surface area (Å²) in [7, 11) is 1.54. The Hall–Kier alpha value is -0.870. The molecule has 0 aromatic heterocycles. The fraction of sp³-hybridized carbons (Fsp3) is 0.913. The maximum Gasteiger partial charge on any atom is 0.326 e. The minimum atomic E-state index is -1.06. The van der Waals surface area contributed by atoms with Crippen LogP contribution in [-0.4, -0.2) is 82.6 Å². The molecule has 8 nitrogen and oxygen atoms in total. The lowest BCUT2D eigenvalue weighted by Crippen LogP contribution is -2.56. The normalized spacial score (nSPS) is 17.8. The lowest BCUT2D eigenvalue weighted by Gasteiger charge is -2.34. The molecule has 0 heterocycles. The van der Waals surface area contributed by atoms with Gasteiger partial charge in [0.2, 0.25) is 5.91 Å². The number of likely N-dealkylation sites (N-methyl/N-ethyl adjacent to an activating group) is 1. The maximum atomic E-state index is 13.4. The van der Waals surface area contributed by atoms with Gasteiger partial charge in [-0.2, -0.15) is 12.6 Å². The van der Waals surface area contributed by atoms with Crippen LogP contribution in [0.25, 0.3) is 0 Å². The van der Waals surface area contributed by atoms with Gasteiger partial charge in [0, 0.05) is 38.0 Å². The molecule has 0 aliphatic carbocycles. The van der Waals surface area contributed by atoms with Crippen LogP contribution in [-0.2, 0) is 9.59 Å². The van der Waals surface area contributed by atoms with Crippen molar-refractivity contribution < 1.29 is 19.8 Å². The van der Waals surface area contributed by atoms with Crippen molar-refractivity contribution in [2.45, 2.75) is 97.0 Å². The lowest BCUT2D eigenvalue weighted by molar-refractivity contribution is -0.151. The highest BCUT2D eigenvalue weighted by Gasteiger charge is 2.34. The number of nitrogens with one attached hydrogen (secondary N) is 2. The molecule has 0 aromatic carbocycles. The number of hydrogen-bond donors (Lipinski definition) is 6. The number of amides is 1. The largest absolute Gasteiger partial charge is 0.480 e. The molecule has 0 radical (unpaired) electrons. The second kappa shape index (κ2) is 15.1. The monoisotopic (exact) mass is 476 g/mol. The summed E-state index contributed by atoms with van der Waals surface area (Å²) >= 11 is 4.24. The summed E-state index contributed by atoms with van der Waals surface area (Å²) in [5, 5.41) is 26.6. The molecule has 190 valence electrons. The molecule has 0 unspecified atom stereocenters. The van der Waals surface area contributed by atoms with Crippen LogP contribution in [0, 0.1) is 11.8 Å². The zero-order valence-corrected chi connectivity index (χ0v) is 22.0. The van der Waals surface area contributed by atoms with E-state index in [1.807, 2.05) is 13.8 Å². The summed E-state index contributed by atoms with van der Waals surface area (Å²) in [5.41, 5.74) is 5.01. The van der Waals surface area contributed by atoms with Gasteiger partial charge in [0.05, 0.1) is 11.6 Å². The first-order valence-corrected chi connectivity index (χ1v) is 12.5. The third-order valence-electron chi connectivity index (χ3n) is 6.37. The molecule has 0 rings (SSSR count). The third-order valence-corrected chi connectivity index (χ3v) is 6.84. The third kappa shape index (κ3) is 11.3. The van der Waals surface area contributed by atoms with E-state index in [4.69, 9.17) is 5.73 Å². The van der Waals surface area contributed by atoms with Crippen molar-refractivity contribution in [1.82, 2.24) is 15.5 Å². The minimum Gasteiger partial charge on any atom is -0.480 e. The fourth-order valence-corrected chi connectivity index (χ4v) is 3.62. The van der Waals surface area contributed by atoms with Crippen LogP contribution in [0.3, 0.4) is 0 Å². The van der Waals surface area contributed by atoms with Gasteiger partial charge >= 0.3 is 5.97 Å². The molecule has 0 aliphatic heterocycles. The molecule has 0 spiro atoms. The van der Waals surface area contributed by atoms with Gasteiger partial charge in [0.15, 0.2) is 0 Å². The van der Waals surface area contributed by atoms with Gasteiger partial charge in [-0.05, 0) is 38.5 Å². The first-order valence-electron chi connectivity index (χ1n) is 11.8. The summed E-state index contributed by atoms with van der Waals surface area (Å²) in [4.78, 5) is 26.6. The van der Waals surface area contributed by atoms with E-state index in [0.717, 1.165) is 12.8 Å². The Labute approximate surface area is 200 Å². The van der Waals surface area contributed by atoms with Crippen LogP contribution >= 0.6 is 12.6 Å². The Balaban J connectivity index is 5.42. The number of aliphatic carboxylic acids is 1. The molecular formula is C23H48N4O4S. The van der Waals surface area contributed by atoms with Crippen molar-refractivity contribution in [3.05, 3.63) is 0 Å². The van der Waals surface area contributed by atoms with E-state index in [1.165, 1.54) is 4.90 Å². The molecular weight excluding hydrogens is 428 g/mol. The molecule has 0 aliphatic rings. The van der Waals surface area contributed by atoms with Gasteiger partial charge in [-0.3, -0.25) is 4.79 Å². The smallest absolute Gasteiger partial charge is 0.326 e. The number of nitrogens with two attached hydrogens (primary N) is 1. The van der Waals surface area contributed by atoms with E-state index in [2.05, 4.69) is 37.1 Å². The first-order chi connectivity index (χ1) is 14.8. The van der Waals surface area contributed by atoms with E-state index in [9.17, 15) is 19.8 Å². The average Bonchev–Trinajstić information content (AvgIpc) is 2.73. The average molecular weight is 477 g/mol. The van der Waals surface area contributed by atoms with Crippen molar-refractivity contribution in [1.29, 1.82) is 0 Å². The molecule has 0 aromatic rings. The number of carbonyl (C=O) groups is 2. The number of rotatable bonds is 17. The SMILES string of the molecule is CC[C@H](C)[C@H](NC[C@@H](NC[C@@H](N)CS)[C@@H](C)CC)C(=O)N(C)[C@@H](CCC(C)(C)O)C(=O)O. The second-order valence-electron chi connectivity index (χ2n) is 9.77. The minimum absolute atomic E-state index is 0.0333. The molecule has 32 heavy (non-hydrogen) atoms. The van der Waals surface area contributed by atoms with Crippen LogP contribution in [0.4, 0.5) is 0 Å². The molecule has 1 amide bonds. The predicted octanol–water partition coefficient (Wildman–Crippen LogP) is 1.71. The van der Waals surface area contributed by atoms with Gasteiger partial charge in [-0.25, -0.2) is 4.79 Å². The summed E-state index contributed by atoms with van der Waals surface area (Å²) in [6.45, 7) is 12.8. The summed E-state index contributed by atoms with van der Waals surface area (Å²) < 4.78 is 0. The van der Waals surface area contributed by atoms with Crippen LogP contribution in [0.2, 0.25) is 0 Å². The van der Waals surface area contributed by atoms with Gasteiger partial charge in [0.25, 0.3) is 0 Å². The van der Waals surface area contributed by atoms with Crippen molar-refractivity contribution in [3.63, 3.8) is 0 Å². The summed E-state index contributed by atoms with van der Waals surface area (Å²) in [6, 6.07) is -1.41. The number of carboxylic acids is 1. The fourth-order valence-electron chi connectivity index (χ4n) is 3.49. The van der Waals surface area contributed by atoms with Gasteiger partial charge in [-0.15, -0.1) is 0 Å². The Morgan fingerprint density at radius 2 is 1.66 bits per heavy atom. The van der Waals surface area contributed by atoms with E-state index >= 15 is 0 Å². The molecule has 0 saturated carbocycles. The molecule has 6 atom stereocenters. The zero-order valence-electron chi connectivity index (χ0n) is 21.1. The molecule has 0 fully saturated rings. The van der Waals surface area contributed by atoms with Crippen molar-refractivity contribution in [3.8, 4) is 0 Å². The van der Waals surface area contributed by atoms with Crippen LogP contribution in [0.1, 0.15) is 67.2 Å². The van der Waals surface area contributed by atoms with Crippen molar-refractivity contribution in [2.24, 2.45) is 17.6 Å². The van der Waals surface area contributed by atoms with Gasteiger partial charge < -0.3 is 31.5 Å². The predicted molar refractivity (Wildman–Crippen MR) is 134 cm³/mol. The summed E-state index contributed by atoms with van der Waals surface area (Å²) in [5.74, 6) is -0.303. The van der Waals surface area contributed by atoms with Crippen LogP contribution in [0.5, 0.6) is 0 Å². The van der Waals surface area contributed by atoms with E-state index in [-0.39, 0.29) is 36.8 Å². The molecule has 0 saturated heterocycles. The Morgan fingerprint density at radius 1 is 1.09 bits per heavy atom. The van der Waals surface area contributed by atoms with Gasteiger partial charge in [-0.1, -0.05) is 40.5 Å². The quantitative estimate of drug-likeness (QED) is 0.176. The first kappa shape index (κ1) is 31.1. The van der Waals surface area contributed by atoms with Gasteiger partial charge in [0.1, 0.15) is 6.04 Å². The topological polar surface area (TPSA) is 128 Å². The molecule has 6 N–H and O–H groups in total. The number of thiol groups is 1. The van der Waals surface area contributed by atoms with Crippen molar-refractivity contribution in [2.75, 3.05) is 25.9 Å². The number of nitrogens with zero attached hydrogens (tertiary/aromatic N) is 1. The second-order valence-corrected chi connectivity index (χ2v) is 10.1. The maximum absolute atomic E-state index is 13.4. The number of aliphatic hydroxyl groups is 1. The van der Waals surface area contributed by atoms with Crippen molar-refractivity contribution >= 4 is 24.5 Å². The molecule has 0 bridgehead atoms. The van der Waals surface area contributed by atoms with Crippen LogP contribution < -0.4 is 16.4 Å². The summed E-state index contributed by atoms with van der Waals surface area (Å²) in [6.07, 6.45) is 2.24. The van der Waals surface area contributed by atoms with Crippen LogP contribution in [0.15, 0.2) is 0 Å². The highest BCUT2D eigenvalue weighted by Crippen LogP contribution is 2.18. The Morgan fingerprint density at radius 3 is 2.09 bits per heavy atom. The standard InChI is InChI=1S/C23H48N4O4S/c1-8-15(3)18(25-12-17(24)14-32)13-26-20(16(4)9-2)21(28)27(7)19(22(29)30)10-11-23(5,6)31/h15-20,25-26,31-32H,8-14,24H2,1-7H3,(H,29,30)/t15-,16-,17+,18+,19-,20-/m0/s1. The highest BCUT2D eigenvalue weighted by atomic mass is 32.1. The van der Waals surface area contributed by atoms with E-state index < -0.39 is 23.7 Å². The van der Waals surface area contributed by atoms with E-state index in [0.29, 0.717) is 24.8 Å². The highest BCUT2D eigenvalue weighted by molar-refractivity contribution is 7.80. The Bertz CT molecular complexity index is 559. The number of hydrogen-bond acceptors (Lipinski definition) is 7. The Kier molecular flexibility index (Phi) is 14.7. The number of carbonyl (C=O) groups excluding carboxylic acids is 1. The lowest BCUT2D eigenvalue weighted by atomic mass is 9.94. The zero-order chi connectivity index (χ0) is 25.1.